The number of carbonyl (C=O) groups excluding carboxylic acids is 1. The van der Waals surface area contributed by atoms with Crippen LogP contribution < -0.4 is 5.32 Å². The molecule has 0 saturated heterocycles. The van der Waals surface area contributed by atoms with E-state index in [4.69, 9.17) is 0 Å². The summed E-state index contributed by atoms with van der Waals surface area (Å²) in [7, 11) is 0. The maximum atomic E-state index is 12.7. The van der Waals surface area contributed by atoms with E-state index in [0.717, 1.165) is 29.6 Å². The summed E-state index contributed by atoms with van der Waals surface area (Å²) >= 11 is 0.920. The normalized spacial score (nSPS) is 12.9. The molecule has 134 valence electrons. The van der Waals surface area contributed by atoms with Crippen molar-refractivity contribution >= 4 is 17.7 Å². The maximum absolute atomic E-state index is 12.7. The summed E-state index contributed by atoms with van der Waals surface area (Å²) in [4.78, 5) is 23.7. The number of halogens is 3. The number of nitrogens with zero attached hydrogens (tertiary/aromatic N) is 3. The minimum absolute atomic E-state index is 0.0787. The number of aromatic nitrogens is 3. The molecule has 0 aliphatic heterocycles. The molecule has 0 saturated carbocycles. The summed E-state index contributed by atoms with van der Waals surface area (Å²) in [5, 5.41) is 2.08. The third-order valence-corrected chi connectivity index (χ3v) is 4.63. The van der Waals surface area contributed by atoms with E-state index in [2.05, 4.69) is 20.3 Å². The zero-order valence-electron chi connectivity index (χ0n) is 13.6. The van der Waals surface area contributed by atoms with Crippen molar-refractivity contribution in [2.24, 2.45) is 5.92 Å². The molecule has 1 N–H and O–H groups in total. The zero-order valence-corrected chi connectivity index (χ0v) is 14.4. The van der Waals surface area contributed by atoms with Gasteiger partial charge in [0, 0.05) is 25.1 Å². The standard InChI is InChI=1S/C16H17F3N4OS/c1-10(2)13(14(24)22-9-11-4-3-6-20-8-11)25-15-21-7-5-12(23-15)16(17,18)19/h3-8,10,13H,9H2,1-2H3,(H,22,24). The summed E-state index contributed by atoms with van der Waals surface area (Å²) in [6.45, 7) is 3.92. The fourth-order valence-electron chi connectivity index (χ4n) is 1.95. The van der Waals surface area contributed by atoms with Gasteiger partial charge >= 0.3 is 6.18 Å². The summed E-state index contributed by atoms with van der Waals surface area (Å²) in [5.41, 5.74) is -0.193. The van der Waals surface area contributed by atoms with Crippen molar-refractivity contribution in [3.63, 3.8) is 0 Å². The molecule has 5 nitrogen and oxygen atoms in total. The molecule has 1 unspecified atom stereocenters. The number of alkyl halides is 3. The molecule has 0 spiro atoms. The van der Waals surface area contributed by atoms with Crippen LogP contribution in [0.15, 0.2) is 41.9 Å². The molecule has 9 heteroatoms. The van der Waals surface area contributed by atoms with Crippen LogP contribution in [0.3, 0.4) is 0 Å². The minimum atomic E-state index is -4.55. The van der Waals surface area contributed by atoms with Gasteiger partial charge in [0.2, 0.25) is 5.91 Å². The number of thioether (sulfide) groups is 1. The van der Waals surface area contributed by atoms with E-state index < -0.39 is 17.1 Å². The lowest BCUT2D eigenvalue weighted by Crippen LogP contribution is -2.35. The van der Waals surface area contributed by atoms with E-state index in [1.165, 1.54) is 0 Å². The summed E-state index contributed by atoms with van der Waals surface area (Å²) in [6.07, 6.45) is -0.242. The van der Waals surface area contributed by atoms with E-state index in [1.807, 2.05) is 19.9 Å². The van der Waals surface area contributed by atoms with Crippen LogP contribution in [0.1, 0.15) is 25.1 Å². The van der Waals surface area contributed by atoms with E-state index in [-0.39, 0.29) is 17.0 Å². The van der Waals surface area contributed by atoms with Gasteiger partial charge in [0.15, 0.2) is 5.16 Å². The Bertz CT molecular complexity index is 710. The number of nitrogens with one attached hydrogen (secondary N) is 1. The van der Waals surface area contributed by atoms with Gasteiger partial charge < -0.3 is 5.32 Å². The molecule has 0 fully saturated rings. The number of hydrogen-bond donors (Lipinski definition) is 1. The molecule has 2 aromatic heterocycles. The van der Waals surface area contributed by atoms with Crippen molar-refractivity contribution in [2.75, 3.05) is 0 Å². The lowest BCUT2D eigenvalue weighted by atomic mass is 10.1. The molecular formula is C16H17F3N4OS. The van der Waals surface area contributed by atoms with Crippen LogP contribution in [-0.4, -0.2) is 26.1 Å². The van der Waals surface area contributed by atoms with Crippen LogP contribution in [0.5, 0.6) is 0 Å². The highest BCUT2D eigenvalue weighted by Gasteiger charge is 2.33. The second kappa shape index (κ2) is 8.28. The van der Waals surface area contributed by atoms with E-state index in [1.54, 1.807) is 18.5 Å². The fraction of sp³-hybridized carbons (Fsp3) is 0.375. The van der Waals surface area contributed by atoms with Crippen LogP contribution in [0.25, 0.3) is 0 Å². The SMILES string of the molecule is CC(C)C(Sc1nccc(C(F)(F)F)n1)C(=O)NCc1cccnc1. The molecule has 0 bridgehead atoms. The van der Waals surface area contributed by atoms with Gasteiger partial charge in [0.1, 0.15) is 5.69 Å². The fourth-order valence-corrected chi connectivity index (χ4v) is 2.92. The Kier molecular flexibility index (Phi) is 6.35. The minimum Gasteiger partial charge on any atom is -0.351 e. The van der Waals surface area contributed by atoms with Crippen LogP contribution in [0, 0.1) is 5.92 Å². The molecule has 0 radical (unpaired) electrons. The molecule has 1 amide bonds. The van der Waals surface area contributed by atoms with Gasteiger partial charge in [-0.2, -0.15) is 13.2 Å². The topological polar surface area (TPSA) is 67.8 Å². The first kappa shape index (κ1) is 19.2. The molecular weight excluding hydrogens is 353 g/mol. The van der Waals surface area contributed by atoms with Gasteiger partial charge in [-0.05, 0) is 23.6 Å². The van der Waals surface area contributed by atoms with Crippen molar-refractivity contribution in [3.05, 3.63) is 48.0 Å². The molecule has 2 heterocycles. The Morgan fingerprint density at radius 2 is 2.04 bits per heavy atom. The Hall–Kier alpha value is -2.16. The van der Waals surface area contributed by atoms with Crippen LogP contribution in [0.4, 0.5) is 13.2 Å². The molecule has 0 aliphatic rings. The predicted molar refractivity (Wildman–Crippen MR) is 87.6 cm³/mol. The Labute approximate surface area is 147 Å². The third kappa shape index (κ3) is 5.70. The Balaban J connectivity index is 2.06. The average molecular weight is 370 g/mol. The quantitative estimate of drug-likeness (QED) is 0.624. The van der Waals surface area contributed by atoms with Crippen LogP contribution in [-0.2, 0) is 17.5 Å². The largest absolute Gasteiger partial charge is 0.433 e. The molecule has 1 atom stereocenters. The van der Waals surface area contributed by atoms with Gasteiger partial charge in [0.25, 0.3) is 0 Å². The highest BCUT2D eigenvalue weighted by atomic mass is 32.2. The lowest BCUT2D eigenvalue weighted by molar-refractivity contribution is -0.141. The van der Waals surface area contributed by atoms with Gasteiger partial charge in [0.05, 0.1) is 5.25 Å². The van der Waals surface area contributed by atoms with Gasteiger partial charge in [-0.25, -0.2) is 9.97 Å². The van der Waals surface area contributed by atoms with E-state index in [0.29, 0.717) is 6.54 Å². The number of hydrogen-bond acceptors (Lipinski definition) is 5. The summed E-state index contributed by atoms with van der Waals surface area (Å²) < 4.78 is 38.2. The van der Waals surface area contributed by atoms with Gasteiger partial charge in [-0.15, -0.1) is 0 Å². The number of pyridine rings is 1. The van der Waals surface area contributed by atoms with E-state index >= 15 is 0 Å². The molecule has 25 heavy (non-hydrogen) atoms. The van der Waals surface area contributed by atoms with Crippen molar-refractivity contribution in [3.8, 4) is 0 Å². The number of rotatable bonds is 6. The van der Waals surface area contributed by atoms with Crippen molar-refractivity contribution in [1.29, 1.82) is 0 Å². The average Bonchev–Trinajstić information content (AvgIpc) is 2.58. The van der Waals surface area contributed by atoms with E-state index in [9.17, 15) is 18.0 Å². The highest BCUT2D eigenvalue weighted by molar-refractivity contribution is 8.00. The van der Waals surface area contributed by atoms with Crippen LogP contribution >= 0.6 is 11.8 Å². The van der Waals surface area contributed by atoms with Gasteiger partial charge in [-0.3, -0.25) is 9.78 Å². The number of carbonyl (C=O) groups is 1. The zero-order chi connectivity index (χ0) is 18.4. The summed E-state index contributed by atoms with van der Waals surface area (Å²) in [5.74, 6) is -0.401. The van der Waals surface area contributed by atoms with Crippen LogP contribution in [0.2, 0.25) is 0 Å². The maximum Gasteiger partial charge on any atom is 0.433 e. The van der Waals surface area contributed by atoms with Crippen molar-refractivity contribution in [2.45, 2.75) is 37.0 Å². The molecule has 2 aromatic rings. The number of amides is 1. The Morgan fingerprint density at radius 3 is 2.64 bits per heavy atom. The smallest absolute Gasteiger partial charge is 0.351 e. The molecule has 0 aliphatic carbocycles. The summed E-state index contributed by atoms with van der Waals surface area (Å²) in [6, 6.07) is 4.38. The highest BCUT2D eigenvalue weighted by Crippen LogP contribution is 2.30. The molecule has 2 rings (SSSR count). The monoisotopic (exact) mass is 370 g/mol. The lowest BCUT2D eigenvalue weighted by Gasteiger charge is -2.19. The first-order valence-electron chi connectivity index (χ1n) is 7.51. The predicted octanol–water partition coefficient (Wildman–Crippen LogP) is 3.32. The second-order valence-electron chi connectivity index (χ2n) is 5.58. The third-order valence-electron chi connectivity index (χ3n) is 3.21. The van der Waals surface area contributed by atoms with Crippen molar-refractivity contribution in [1.82, 2.24) is 20.3 Å². The second-order valence-corrected chi connectivity index (χ2v) is 6.69. The first-order valence-corrected chi connectivity index (χ1v) is 8.39. The van der Waals surface area contributed by atoms with Crippen molar-refractivity contribution < 1.29 is 18.0 Å². The van der Waals surface area contributed by atoms with Gasteiger partial charge in [-0.1, -0.05) is 31.7 Å². The Morgan fingerprint density at radius 1 is 1.28 bits per heavy atom. The molecule has 0 aromatic carbocycles. The first-order chi connectivity index (χ1) is 11.8.